The van der Waals surface area contributed by atoms with Crippen molar-refractivity contribution in [2.75, 3.05) is 4.90 Å². The molecule has 2 aromatic rings. The van der Waals surface area contributed by atoms with E-state index in [0.717, 1.165) is 5.56 Å². The Morgan fingerprint density at radius 3 is 2.45 bits per heavy atom. The Labute approximate surface area is 189 Å². The summed E-state index contributed by atoms with van der Waals surface area (Å²) in [5.41, 5.74) is 1.48. The quantitative estimate of drug-likeness (QED) is 0.413. The third-order valence-electron chi connectivity index (χ3n) is 5.81. The lowest BCUT2D eigenvalue weighted by Crippen LogP contribution is -2.44. The number of nitro groups is 1. The van der Waals surface area contributed by atoms with Crippen LogP contribution in [0.2, 0.25) is 10.0 Å². The Bertz CT molecular complexity index is 1160. The zero-order valence-corrected chi connectivity index (χ0v) is 18.5. The number of hydrogen-bond acceptors (Lipinski definition) is 4. The van der Waals surface area contributed by atoms with Gasteiger partial charge in [0.1, 0.15) is 0 Å². The lowest BCUT2D eigenvalue weighted by molar-refractivity contribution is -0.384. The van der Waals surface area contributed by atoms with Gasteiger partial charge in [-0.25, -0.2) is 0 Å². The van der Waals surface area contributed by atoms with Crippen LogP contribution in [0.25, 0.3) is 0 Å². The zero-order chi connectivity index (χ0) is 22.5. The Balaban J connectivity index is 1.95. The fraction of sp³-hybridized carbons (Fsp3) is 0.304. The van der Waals surface area contributed by atoms with Gasteiger partial charge >= 0.3 is 0 Å². The molecule has 0 spiro atoms. The predicted octanol–water partition coefficient (Wildman–Crippen LogP) is 6.07. The van der Waals surface area contributed by atoms with Gasteiger partial charge in [-0.2, -0.15) is 0 Å². The second-order valence-corrected chi connectivity index (χ2v) is 9.52. The maximum atomic E-state index is 13.4. The van der Waals surface area contributed by atoms with E-state index < -0.39 is 10.8 Å². The number of allylic oxidation sites excluding steroid dienone is 2. The average molecular weight is 459 g/mol. The topological polar surface area (TPSA) is 80.5 Å². The van der Waals surface area contributed by atoms with E-state index in [4.69, 9.17) is 23.2 Å². The number of halogens is 2. The minimum absolute atomic E-state index is 0.0216. The highest BCUT2D eigenvalue weighted by Gasteiger charge is 2.45. The highest BCUT2D eigenvalue weighted by atomic mass is 35.5. The van der Waals surface area contributed by atoms with Crippen molar-refractivity contribution in [1.82, 2.24) is 0 Å². The van der Waals surface area contributed by atoms with E-state index in [-0.39, 0.29) is 39.9 Å². The van der Waals surface area contributed by atoms with Crippen molar-refractivity contribution in [3.8, 4) is 0 Å². The van der Waals surface area contributed by atoms with Crippen molar-refractivity contribution in [3.63, 3.8) is 0 Å². The van der Waals surface area contributed by atoms with Crippen LogP contribution in [0.4, 0.5) is 11.4 Å². The Hall–Kier alpha value is -2.70. The molecule has 0 aromatic heterocycles. The number of hydrogen-bond donors (Lipinski definition) is 0. The smallest absolute Gasteiger partial charge is 0.271 e. The summed E-state index contributed by atoms with van der Waals surface area (Å²) in [7, 11) is 0. The van der Waals surface area contributed by atoms with Gasteiger partial charge in [-0.3, -0.25) is 24.6 Å². The van der Waals surface area contributed by atoms with Gasteiger partial charge in [0.25, 0.3) is 5.69 Å². The first-order chi connectivity index (χ1) is 14.6. The molecule has 160 valence electrons. The van der Waals surface area contributed by atoms with Crippen molar-refractivity contribution in [2.24, 2.45) is 5.41 Å². The summed E-state index contributed by atoms with van der Waals surface area (Å²) in [6.45, 7) is 3.93. The molecule has 0 N–H and O–H groups in total. The highest BCUT2D eigenvalue weighted by Crippen LogP contribution is 2.50. The fourth-order valence-electron chi connectivity index (χ4n) is 4.50. The Morgan fingerprint density at radius 1 is 1.06 bits per heavy atom. The molecule has 1 amide bonds. The van der Waals surface area contributed by atoms with Gasteiger partial charge in [-0.05, 0) is 29.5 Å². The molecule has 0 saturated carbocycles. The number of carbonyl (C=O) groups excluding carboxylic acids is 2. The molecule has 1 heterocycles. The van der Waals surface area contributed by atoms with Gasteiger partial charge in [-0.15, -0.1) is 0 Å². The molecule has 0 saturated heterocycles. The molecule has 0 radical (unpaired) electrons. The lowest BCUT2D eigenvalue weighted by atomic mass is 9.69. The van der Waals surface area contributed by atoms with Gasteiger partial charge in [0, 0.05) is 47.2 Å². The number of ketones is 1. The Kier molecular flexibility index (Phi) is 5.40. The summed E-state index contributed by atoms with van der Waals surface area (Å²) >= 11 is 12.8. The van der Waals surface area contributed by atoms with Crippen LogP contribution in [0.15, 0.2) is 53.7 Å². The molecule has 1 aliphatic heterocycles. The van der Waals surface area contributed by atoms with E-state index in [9.17, 15) is 19.7 Å². The molecule has 2 aliphatic rings. The normalized spacial score (nSPS) is 20.6. The van der Waals surface area contributed by atoms with E-state index >= 15 is 0 Å². The van der Waals surface area contributed by atoms with E-state index in [1.807, 2.05) is 26.0 Å². The van der Waals surface area contributed by atoms with Crippen LogP contribution >= 0.6 is 23.2 Å². The molecule has 4 rings (SSSR count). The molecule has 8 heteroatoms. The summed E-state index contributed by atoms with van der Waals surface area (Å²) in [6, 6.07) is 11.2. The summed E-state index contributed by atoms with van der Waals surface area (Å²) in [4.78, 5) is 38.9. The standard InChI is InChI=1S/C23H20Cl2N2O4/c1-23(2)11-19-22(20(28)12-23)15(14-5-3-4-6-16(14)24)10-21(29)26(19)18-9-13(27(30)31)7-8-17(18)25/h3-9,15H,10-12H2,1-2H3. The summed E-state index contributed by atoms with van der Waals surface area (Å²) in [5.74, 6) is -0.791. The van der Waals surface area contributed by atoms with Crippen molar-refractivity contribution in [1.29, 1.82) is 0 Å². The van der Waals surface area contributed by atoms with Gasteiger partial charge in [0.15, 0.2) is 5.78 Å². The molecule has 31 heavy (non-hydrogen) atoms. The number of non-ortho nitro benzene ring substituents is 1. The summed E-state index contributed by atoms with van der Waals surface area (Å²) in [5, 5.41) is 12.0. The van der Waals surface area contributed by atoms with Crippen LogP contribution < -0.4 is 4.90 Å². The second kappa shape index (κ2) is 7.77. The van der Waals surface area contributed by atoms with Crippen molar-refractivity contribution in [3.05, 3.63) is 79.5 Å². The van der Waals surface area contributed by atoms with Gasteiger partial charge in [0.05, 0.1) is 15.6 Å². The zero-order valence-electron chi connectivity index (χ0n) is 17.0. The minimum Gasteiger partial charge on any atom is -0.294 e. The van der Waals surface area contributed by atoms with E-state index in [2.05, 4.69) is 0 Å². The first kappa shape index (κ1) is 21.5. The predicted molar refractivity (Wildman–Crippen MR) is 119 cm³/mol. The molecule has 0 fully saturated rings. The second-order valence-electron chi connectivity index (χ2n) is 8.70. The molecular weight excluding hydrogens is 439 g/mol. The molecular formula is C23H20Cl2N2O4. The van der Waals surface area contributed by atoms with Crippen LogP contribution in [0.1, 0.15) is 44.6 Å². The minimum atomic E-state index is -0.536. The van der Waals surface area contributed by atoms with E-state index in [0.29, 0.717) is 29.1 Å². The molecule has 2 aromatic carbocycles. The number of anilines is 1. The fourth-order valence-corrected chi connectivity index (χ4v) is 4.97. The maximum absolute atomic E-state index is 13.4. The van der Waals surface area contributed by atoms with Crippen LogP contribution in [0, 0.1) is 15.5 Å². The van der Waals surface area contributed by atoms with Gasteiger partial charge in [-0.1, -0.05) is 55.2 Å². The van der Waals surface area contributed by atoms with Crippen LogP contribution in [0.3, 0.4) is 0 Å². The lowest BCUT2D eigenvalue weighted by Gasteiger charge is -2.43. The SMILES string of the molecule is CC1(C)CC(=O)C2=C(C1)N(c1cc([N+](=O)[O-])ccc1Cl)C(=O)CC2c1ccccc1Cl. The summed E-state index contributed by atoms with van der Waals surface area (Å²) in [6.07, 6.45) is 0.824. The van der Waals surface area contributed by atoms with Crippen molar-refractivity contribution >= 4 is 46.3 Å². The molecule has 6 nitrogen and oxygen atoms in total. The average Bonchev–Trinajstić information content (AvgIpc) is 2.67. The first-order valence-electron chi connectivity index (χ1n) is 9.86. The van der Waals surface area contributed by atoms with Gasteiger partial charge < -0.3 is 0 Å². The van der Waals surface area contributed by atoms with Crippen molar-refractivity contribution < 1.29 is 14.5 Å². The number of Topliss-reactive ketones (excluding diaryl/α,β-unsaturated/α-hetero) is 1. The molecule has 1 unspecified atom stereocenters. The van der Waals surface area contributed by atoms with Crippen molar-refractivity contribution in [2.45, 2.75) is 39.0 Å². The number of nitrogens with zero attached hydrogens (tertiary/aromatic N) is 2. The molecule has 0 bridgehead atoms. The van der Waals surface area contributed by atoms with Crippen LogP contribution in [-0.4, -0.2) is 16.6 Å². The Morgan fingerprint density at radius 2 is 1.77 bits per heavy atom. The number of benzene rings is 2. The van der Waals surface area contributed by atoms with Crippen LogP contribution in [-0.2, 0) is 9.59 Å². The number of carbonyl (C=O) groups is 2. The largest absolute Gasteiger partial charge is 0.294 e. The maximum Gasteiger partial charge on any atom is 0.271 e. The number of nitro benzene ring substituents is 1. The number of amides is 1. The first-order valence-corrected chi connectivity index (χ1v) is 10.6. The van der Waals surface area contributed by atoms with Gasteiger partial charge in [0.2, 0.25) is 5.91 Å². The molecule has 1 aliphatic carbocycles. The van der Waals surface area contributed by atoms with Crippen LogP contribution in [0.5, 0.6) is 0 Å². The third-order valence-corrected chi connectivity index (χ3v) is 6.47. The van der Waals surface area contributed by atoms with E-state index in [1.54, 1.807) is 12.1 Å². The highest BCUT2D eigenvalue weighted by molar-refractivity contribution is 6.34. The summed E-state index contributed by atoms with van der Waals surface area (Å²) < 4.78 is 0. The third kappa shape index (κ3) is 3.86. The molecule has 1 atom stereocenters. The van der Waals surface area contributed by atoms with E-state index in [1.165, 1.54) is 23.1 Å². The monoisotopic (exact) mass is 458 g/mol. The number of rotatable bonds is 3.